The first kappa shape index (κ1) is 23.7. The molecule has 1 amide bonds. The smallest absolute Gasteiger partial charge is 0.251 e. The summed E-state index contributed by atoms with van der Waals surface area (Å²) >= 11 is 6.17. The van der Waals surface area contributed by atoms with Gasteiger partial charge in [-0.25, -0.2) is 22.0 Å². The molecule has 1 aliphatic heterocycles. The van der Waals surface area contributed by atoms with Crippen molar-refractivity contribution >= 4 is 37.6 Å². The monoisotopic (exact) mass is 485 g/mol. The maximum Gasteiger partial charge on any atom is 0.251 e. The van der Waals surface area contributed by atoms with Gasteiger partial charge in [0.15, 0.2) is 0 Å². The lowest BCUT2D eigenvalue weighted by Crippen LogP contribution is -2.32. The van der Waals surface area contributed by atoms with Crippen LogP contribution in [-0.2, 0) is 26.6 Å². The highest BCUT2D eigenvalue weighted by atomic mass is 35.5. The Balaban J connectivity index is 1.75. The Morgan fingerprint density at radius 2 is 1.58 bits per heavy atom. The van der Waals surface area contributed by atoms with E-state index in [4.69, 9.17) is 16.7 Å². The summed E-state index contributed by atoms with van der Waals surface area (Å²) in [5.41, 5.74) is 0.825. The lowest BCUT2D eigenvalue weighted by molar-refractivity contribution is 0.0950. The fraction of sp³-hybridized carbons (Fsp3) is 0.350. The number of amides is 1. The van der Waals surface area contributed by atoms with Crippen LogP contribution in [0.1, 0.15) is 41.6 Å². The quantitative estimate of drug-likeness (QED) is 0.649. The lowest BCUT2D eigenvalue weighted by atomic mass is 10.2. The second-order valence-electron chi connectivity index (χ2n) is 7.34. The van der Waals surface area contributed by atoms with Crippen molar-refractivity contribution < 1.29 is 21.6 Å². The summed E-state index contributed by atoms with van der Waals surface area (Å²) in [7, 11) is -7.59. The van der Waals surface area contributed by atoms with Gasteiger partial charge in [-0.2, -0.15) is 4.31 Å². The number of hydrogen-bond acceptors (Lipinski definition) is 5. The molecule has 8 nitrogen and oxygen atoms in total. The zero-order valence-corrected chi connectivity index (χ0v) is 19.1. The number of halogens is 1. The minimum Gasteiger partial charge on any atom is -0.348 e. The molecule has 0 radical (unpaired) electrons. The van der Waals surface area contributed by atoms with Gasteiger partial charge in [0.1, 0.15) is 4.90 Å². The van der Waals surface area contributed by atoms with Gasteiger partial charge in [0.25, 0.3) is 5.91 Å². The topological polar surface area (TPSA) is 127 Å². The molecule has 0 aliphatic carbocycles. The van der Waals surface area contributed by atoms with E-state index in [1.165, 1.54) is 46.8 Å². The zero-order valence-electron chi connectivity index (χ0n) is 16.8. The van der Waals surface area contributed by atoms with Crippen LogP contribution in [0.4, 0.5) is 0 Å². The number of primary sulfonamides is 1. The van der Waals surface area contributed by atoms with E-state index in [1.807, 2.05) is 0 Å². The van der Waals surface area contributed by atoms with Crippen molar-refractivity contribution in [2.75, 3.05) is 13.1 Å². The average molecular weight is 486 g/mol. The number of nitrogens with zero attached hydrogens (tertiary/aromatic N) is 1. The van der Waals surface area contributed by atoms with Crippen LogP contribution in [-0.4, -0.2) is 40.1 Å². The van der Waals surface area contributed by atoms with Crippen LogP contribution in [0.25, 0.3) is 0 Å². The van der Waals surface area contributed by atoms with Gasteiger partial charge in [0.05, 0.1) is 9.92 Å². The lowest BCUT2D eigenvalue weighted by Gasteiger charge is -2.21. The third-order valence-electron chi connectivity index (χ3n) is 5.08. The maximum absolute atomic E-state index is 13.1. The standard InChI is InChI=1S/C20H24ClN3O5S2/c21-18-10-7-16(13-19(18)31(28,29)24-11-3-1-2-4-12-24)20(25)23-14-15-5-8-17(9-6-15)30(22,26)27/h5-10,13H,1-4,11-12,14H2,(H,23,25)(H2,22,26,27). The number of sulfonamides is 2. The van der Waals surface area contributed by atoms with Crippen LogP contribution in [0.15, 0.2) is 52.3 Å². The highest BCUT2D eigenvalue weighted by Gasteiger charge is 2.28. The van der Waals surface area contributed by atoms with Crippen LogP contribution >= 0.6 is 11.6 Å². The summed E-state index contributed by atoms with van der Waals surface area (Å²) in [6, 6.07) is 9.94. The Bertz CT molecular complexity index is 1160. The molecular formula is C20H24ClN3O5S2. The minimum atomic E-state index is -3.81. The highest BCUT2D eigenvalue weighted by molar-refractivity contribution is 7.89. The molecule has 0 saturated carbocycles. The fourth-order valence-electron chi connectivity index (χ4n) is 3.34. The summed E-state index contributed by atoms with van der Waals surface area (Å²) < 4.78 is 50.2. The van der Waals surface area contributed by atoms with Gasteiger partial charge in [0, 0.05) is 25.2 Å². The number of benzene rings is 2. The number of carbonyl (C=O) groups excluding carboxylic acids is 1. The Labute approximate surface area is 187 Å². The predicted octanol–water partition coefficient (Wildman–Crippen LogP) is 2.48. The van der Waals surface area contributed by atoms with Crippen molar-refractivity contribution in [3.05, 3.63) is 58.6 Å². The van der Waals surface area contributed by atoms with Crippen LogP contribution in [0.5, 0.6) is 0 Å². The Morgan fingerprint density at radius 3 is 2.16 bits per heavy atom. The van der Waals surface area contributed by atoms with Gasteiger partial charge in [-0.05, 0) is 48.7 Å². The van der Waals surface area contributed by atoms with E-state index in [2.05, 4.69) is 5.32 Å². The minimum absolute atomic E-state index is 0.0244. The van der Waals surface area contributed by atoms with Gasteiger partial charge >= 0.3 is 0 Å². The van der Waals surface area contributed by atoms with Gasteiger partial charge in [0.2, 0.25) is 20.0 Å². The number of carbonyl (C=O) groups is 1. The number of hydrogen-bond donors (Lipinski definition) is 2. The zero-order chi connectivity index (χ0) is 22.6. The van der Waals surface area contributed by atoms with Crippen LogP contribution in [0.2, 0.25) is 5.02 Å². The molecule has 11 heteroatoms. The molecule has 2 aromatic rings. The van der Waals surface area contributed by atoms with E-state index in [1.54, 1.807) is 0 Å². The molecule has 0 aromatic heterocycles. The van der Waals surface area contributed by atoms with Crippen LogP contribution < -0.4 is 10.5 Å². The summed E-state index contributed by atoms with van der Waals surface area (Å²) in [5.74, 6) is -0.473. The molecule has 0 unspecified atom stereocenters. The number of nitrogens with one attached hydrogen (secondary N) is 1. The van der Waals surface area contributed by atoms with E-state index in [-0.39, 0.29) is 26.9 Å². The van der Waals surface area contributed by atoms with Crippen molar-refractivity contribution in [3.8, 4) is 0 Å². The van der Waals surface area contributed by atoms with Gasteiger partial charge < -0.3 is 5.32 Å². The molecule has 31 heavy (non-hydrogen) atoms. The van der Waals surface area contributed by atoms with Crippen LogP contribution in [0.3, 0.4) is 0 Å². The van der Waals surface area contributed by atoms with Gasteiger partial charge in [-0.15, -0.1) is 0 Å². The van der Waals surface area contributed by atoms with E-state index in [0.717, 1.165) is 25.7 Å². The molecule has 0 bridgehead atoms. The molecule has 1 aliphatic rings. The number of rotatable bonds is 6. The summed E-state index contributed by atoms with van der Waals surface area (Å²) in [6.45, 7) is 0.994. The molecule has 0 atom stereocenters. The van der Waals surface area contributed by atoms with Crippen molar-refractivity contribution in [2.24, 2.45) is 5.14 Å². The second-order valence-corrected chi connectivity index (χ2v) is 11.2. The molecule has 1 fully saturated rings. The summed E-state index contributed by atoms with van der Waals surface area (Å²) in [4.78, 5) is 12.5. The molecule has 1 heterocycles. The predicted molar refractivity (Wildman–Crippen MR) is 118 cm³/mol. The van der Waals surface area contributed by atoms with Gasteiger partial charge in [-0.3, -0.25) is 4.79 Å². The van der Waals surface area contributed by atoms with Gasteiger partial charge in [-0.1, -0.05) is 36.6 Å². The Morgan fingerprint density at radius 1 is 0.968 bits per heavy atom. The highest BCUT2D eigenvalue weighted by Crippen LogP contribution is 2.27. The van der Waals surface area contributed by atoms with Crippen molar-refractivity contribution in [2.45, 2.75) is 42.0 Å². The second kappa shape index (κ2) is 9.66. The van der Waals surface area contributed by atoms with Crippen LogP contribution in [0, 0.1) is 0 Å². The Hall–Kier alpha value is -1.98. The first-order valence-corrected chi connectivity index (χ1v) is 13.1. The van der Waals surface area contributed by atoms with Crippen molar-refractivity contribution in [3.63, 3.8) is 0 Å². The van der Waals surface area contributed by atoms with Crippen molar-refractivity contribution in [1.82, 2.24) is 9.62 Å². The fourth-order valence-corrected chi connectivity index (χ4v) is 5.88. The number of nitrogens with two attached hydrogens (primary N) is 1. The molecular weight excluding hydrogens is 462 g/mol. The van der Waals surface area contributed by atoms with E-state index < -0.39 is 26.0 Å². The van der Waals surface area contributed by atoms with E-state index >= 15 is 0 Å². The van der Waals surface area contributed by atoms with Crippen molar-refractivity contribution in [1.29, 1.82) is 0 Å². The third kappa shape index (κ3) is 5.83. The summed E-state index contributed by atoms with van der Waals surface area (Å²) in [6.07, 6.45) is 3.56. The molecule has 3 N–H and O–H groups in total. The molecule has 168 valence electrons. The molecule has 0 spiro atoms. The Kier molecular flexibility index (Phi) is 7.38. The molecule has 2 aromatic carbocycles. The molecule has 1 saturated heterocycles. The normalized spacial score (nSPS) is 15.9. The van der Waals surface area contributed by atoms with E-state index in [0.29, 0.717) is 18.7 Å². The maximum atomic E-state index is 13.1. The average Bonchev–Trinajstić information content (AvgIpc) is 3.02. The first-order valence-electron chi connectivity index (χ1n) is 9.79. The largest absolute Gasteiger partial charge is 0.348 e. The molecule has 3 rings (SSSR count). The summed E-state index contributed by atoms with van der Waals surface area (Å²) in [5, 5.41) is 7.83. The SMILES string of the molecule is NS(=O)(=O)c1ccc(CNC(=O)c2ccc(Cl)c(S(=O)(=O)N3CCCCCC3)c2)cc1. The van der Waals surface area contributed by atoms with E-state index in [9.17, 15) is 21.6 Å². The third-order valence-corrected chi connectivity index (χ3v) is 8.39. The first-order chi connectivity index (χ1) is 14.6.